The highest BCUT2D eigenvalue weighted by Crippen LogP contribution is 2.44. The molecule has 5 rings (SSSR count). The molecule has 0 aromatic carbocycles. The number of thiophene rings is 1. The minimum Gasteiger partial charge on any atom is -0.370 e. The maximum absolute atomic E-state index is 13.3. The van der Waals surface area contributed by atoms with Crippen molar-refractivity contribution >= 4 is 17.2 Å². The molecule has 1 unspecified atom stereocenters. The molecule has 1 atom stereocenters. The van der Waals surface area contributed by atoms with Crippen molar-refractivity contribution in [2.75, 3.05) is 26.2 Å². The van der Waals surface area contributed by atoms with Crippen LogP contribution in [-0.4, -0.2) is 47.2 Å². The Balaban J connectivity index is 1.44. The zero-order valence-corrected chi connectivity index (χ0v) is 16.3. The first kappa shape index (κ1) is 17.3. The second kappa shape index (κ2) is 6.68. The lowest BCUT2D eigenvalue weighted by atomic mass is 9.83. The van der Waals surface area contributed by atoms with Gasteiger partial charge >= 0.3 is 0 Å². The van der Waals surface area contributed by atoms with E-state index in [-0.39, 0.29) is 17.6 Å². The van der Waals surface area contributed by atoms with Gasteiger partial charge in [0.05, 0.1) is 17.1 Å². The Morgan fingerprint density at radius 2 is 2.26 bits per heavy atom. The maximum atomic E-state index is 13.3. The number of aryl methyl sites for hydroxylation is 1. The summed E-state index contributed by atoms with van der Waals surface area (Å²) < 4.78 is 11.6. The van der Waals surface area contributed by atoms with E-state index in [1.807, 2.05) is 4.90 Å². The predicted octanol–water partition coefficient (Wildman–Crippen LogP) is 2.57. The number of amides is 1. The van der Waals surface area contributed by atoms with Crippen LogP contribution in [0.3, 0.4) is 0 Å². The second-order valence-electron chi connectivity index (χ2n) is 7.63. The van der Waals surface area contributed by atoms with Gasteiger partial charge in [-0.2, -0.15) is 4.98 Å². The monoisotopic (exact) mass is 388 g/mol. The average Bonchev–Trinajstić information content (AvgIpc) is 3.41. The number of likely N-dealkylation sites (tertiary alicyclic amines) is 1. The molecule has 2 aromatic rings. The zero-order valence-electron chi connectivity index (χ0n) is 15.5. The lowest BCUT2D eigenvalue weighted by Crippen LogP contribution is -2.44. The number of fused-ring (bicyclic) bond motifs is 2. The Morgan fingerprint density at radius 3 is 3.04 bits per heavy atom. The highest BCUT2D eigenvalue weighted by molar-refractivity contribution is 7.14. The second-order valence-corrected chi connectivity index (χ2v) is 8.76. The Bertz CT molecular complexity index is 855. The van der Waals surface area contributed by atoms with E-state index in [2.05, 4.69) is 21.5 Å². The summed E-state index contributed by atoms with van der Waals surface area (Å²) in [7, 11) is 0. The van der Waals surface area contributed by atoms with Crippen LogP contribution in [0.25, 0.3) is 0 Å². The number of piperidine rings is 1. The largest absolute Gasteiger partial charge is 0.370 e. The highest BCUT2D eigenvalue weighted by atomic mass is 32.1. The van der Waals surface area contributed by atoms with Gasteiger partial charge in [0.2, 0.25) is 5.89 Å². The van der Waals surface area contributed by atoms with Crippen molar-refractivity contribution in [2.24, 2.45) is 0 Å². The summed E-state index contributed by atoms with van der Waals surface area (Å²) in [4.78, 5) is 21.7. The quantitative estimate of drug-likeness (QED) is 0.852. The number of carbonyl (C=O) groups is 1. The van der Waals surface area contributed by atoms with Crippen LogP contribution in [0.4, 0.5) is 0 Å². The smallest absolute Gasteiger partial charge is 0.264 e. The molecule has 1 amide bonds. The first-order chi connectivity index (χ1) is 13.2. The number of carbonyl (C=O) groups excluding carboxylic acids is 1. The topological polar surface area (TPSA) is 80.5 Å². The molecule has 3 aliphatic rings. The van der Waals surface area contributed by atoms with E-state index in [0.29, 0.717) is 11.7 Å². The van der Waals surface area contributed by atoms with Crippen LogP contribution in [0.2, 0.25) is 0 Å². The lowest BCUT2D eigenvalue weighted by molar-refractivity contribution is -0.0792. The number of aromatic nitrogens is 2. The van der Waals surface area contributed by atoms with Gasteiger partial charge in [-0.15, -0.1) is 11.3 Å². The van der Waals surface area contributed by atoms with Gasteiger partial charge in [0.25, 0.3) is 5.91 Å². The molecule has 1 spiro atoms. The first-order valence-corrected chi connectivity index (χ1v) is 10.6. The molecular weight excluding hydrogens is 364 g/mol. The minimum absolute atomic E-state index is 0.0804. The van der Waals surface area contributed by atoms with E-state index in [9.17, 15) is 4.79 Å². The van der Waals surface area contributed by atoms with Crippen LogP contribution in [-0.2, 0) is 16.8 Å². The van der Waals surface area contributed by atoms with Crippen LogP contribution in [0.15, 0.2) is 10.6 Å². The van der Waals surface area contributed by atoms with Gasteiger partial charge in [-0.1, -0.05) is 5.16 Å². The summed E-state index contributed by atoms with van der Waals surface area (Å²) in [5.74, 6) is 1.25. The number of hydrogen-bond acceptors (Lipinski definition) is 7. The van der Waals surface area contributed by atoms with Crippen LogP contribution in [0, 0.1) is 6.92 Å². The fourth-order valence-corrected chi connectivity index (χ4v) is 5.81. The number of nitrogens with one attached hydrogen (secondary N) is 1. The summed E-state index contributed by atoms with van der Waals surface area (Å²) in [6.45, 7) is 5.21. The van der Waals surface area contributed by atoms with Crippen molar-refractivity contribution < 1.29 is 14.1 Å². The normalized spacial score (nSPS) is 24.3. The number of nitrogens with zero attached hydrogens (tertiary/aromatic N) is 3. The number of hydrogen-bond donors (Lipinski definition) is 1. The van der Waals surface area contributed by atoms with E-state index < -0.39 is 0 Å². The third-order valence-electron chi connectivity index (χ3n) is 5.97. The molecule has 0 bridgehead atoms. The van der Waals surface area contributed by atoms with Gasteiger partial charge in [0, 0.05) is 17.8 Å². The molecular formula is C19H24N4O3S. The van der Waals surface area contributed by atoms with Gasteiger partial charge in [-0.25, -0.2) is 0 Å². The molecule has 2 aromatic heterocycles. The van der Waals surface area contributed by atoms with E-state index in [1.165, 1.54) is 10.4 Å². The molecule has 2 saturated heterocycles. The molecule has 8 heteroatoms. The Kier molecular flexibility index (Phi) is 4.29. The number of rotatable bonds is 2. The van der Waals surface area contributed by atoms with E-state index in [1.54, 1.807) is 18.3 Å². The molecule has 3 aliphatic heterocycles. The molecule has 27 heavy (non-hydrogen) atoms. The molecule has 7 nitrogen and oxygen atoms in total. The van der Waals surface area contributed by atoms with Crippen LogP contribution < -0.4 is 5.32 Å². The Morgan fingerprint density at radius 1 is 1.41 bits per heavy atom. The van der Waals surface area contributed by atoms with Crippen molar-refractivity contribution in [3.05, 3.63) is 33.1 Å². The fourth-order valence-electron chi connectivity index (χ4n) is 4.62. The van der Waals surface area contributed by atoms with Gasteiger partial charge in [-0.3, -0.25) is 4.79 Å². The molecule has 2 fully saturated rings. The summed E-state index contributed by atoms with van der Waals surface area (Å²) >= 11 is 1.64. The standard InChI is InChI=1S/C19H24N4O3S/c1-12-21-17(26-22-12)14-3-2-9-23(14)18(24)16-11-13-15(27-16)4-10-25-19(13)5-7-20-8-6-19/h11,14,20H,2-10H2,1H3. The third kappa shape index (κ3) is 2.90. The Labute approximate surface area is 162 Å². The summed E-state index contributed by atoms with van der Waals surface area (Å²) in [5.41, 5.74) is 1.04. The molecule has 144 valence electrons. The van der Waals surface area contributed by atoms with Gasteiger partial charge < -0.3 is 19.5 Å². The maximum Gasteiger partial charge on any atom is 0.264 e. The molecule has 1 N–H and O–H groups in total. The predicted molar refractivity (Wildman–Crippen MR) is 99.8 cm³/mol. The molecule has 5 heterocycles. The van der Waals surface area contributed by atoms with Crippen molar-refractivity contribution in [1.29, 1.82) is 0 Å². The van der Waals surface area contributed by atoms with E-state index >= 15 is 0 Å². The van der Waals surface area contributed by atoms with Crippen molar-refractivity contribution in [3.63, 3.8) is 0 Å². The summed E-state index contributed by atoms with van der Waals surface area (Å²) in [6.07, 6.45) is 4.67. The number of ether oxygens (including phenoxy) is 1. The van der Waals surface area contributed by atoms with Gasteiger partial charge in [0.1, 0.15) is 6.04 Å². The average molecular weight is 388 g/mol. The first-order valence-electron chi connectivity index (χ1n) is 9.75. The van der Waals surface area contributed by atoms with Crippen LogP contribution in [0.1, 0.15) is 63.6 Å². The third-order valence-corrected chi connectivity index (χ3v) is 7.15. The fraction of sp³-hybridized carbons (Fsp3) is 0.632. The summed E-state index contributed by atoms with van der Waals surface area (Å²) in [6, 6.07) is 1.99. The Hall–Kier alpha value is -1.77. The lowest BCUT2D eigenvalue weighted by Gasteiger charge is -2.40. The van der Waals surface area contributed by atoms with Crippen LogP contribution in [0.5, 0.6) is 0 Å². The van der Waals surface area contributed by atoms with E-state index in [4.69, 9.17) is 9.26 Å². The van der Waals surface area contributed by atoms with Gasteiger partial charge in [0.15, 0.2) is 5.82 Å². The minimum atomic E-state index is -0.206. The van der Waals surface area contributed by atoms with Crippen LogP contribution >= 0.6 is 11.3 Å². The highest BCUT2D eigenvalue weighted by Gasteiger charge is 2.42. The molecule has 0 radical (unpaired) electrons. The van der Waals surface area contributed by atoms with Crippen molar-refractivity contribution in [2.45, 2.75) is 50.7 Å². The van der Waals surface area contributed by atoms with E-state index in [0.717, 1.165) is 63.2 Å². The molecule has 0 aliphatic carbocycles. The van der Waals surface area contributed by atoms with Gasteiger partial charge in [-0.05, 0) is 57.3 Å². The van der Waals surface area contributed by atoms with Crippen molar-refractivity contribution in [1.82, 2.24) is 20.4 Å². The SMILES string of the molecule is Cc1noc(C2CCCN2C(=O)c2cc3c(s2)CCOC32CCNCC2)n1. The summed E-state index contributed by atoms with van der Waals surface area (Å²) in [5, 5.41) is 7.31. The molecule has 0 saturated carbocycles. The van der Waals surface area contributed by atoms with Crippen molar-refractivity contribution in [3.8, 4) is 0 Å². The zero-order chi connectivity index (χ0) is 18.4.